The fourth-order valence-corrected chi connectivity index (χ4v) is 2.02. The molecule has 0 spiro atoms. The van der Waals surface area contributed by atoms with E-state index >= 15 is 0 Å². The lowest BCUT2D eigenvalue weighted by Gasteiger charge is -2.11. The Morgan fingerprint density at radius 1 is 1.44 bits per heavy atom. The number of carbonyl (C=O) groups excluding carboxylic acids is 1. The van der Waals surface area contributed by atoms with Crippen LogP contribution in [0.2, 0.25) is 0 Å². The number of primary amides is 1. The zero-order valence-electron chi connectivity index (χ0n) is 9.84. The summed E-state index contributed by atoms with van der Waals surface area (Å²) >= 11 is 0. The normalized spacial score (nSPS) is 15.2. The minimum absolute atomic E-state index is 0.136. The number of nitrogens with two attached hydrogens (primary N) is 1. The second kappa shape index (κ2) is 4.49. The summed E-state index contributed by atoms with van der Waals surface area (Å²) in [5.41, 5.74) is 5.71. The molecule has 0 unspecified atom stereocenters. The predicted molar refractivity (Wildman–Crippen MR) is 67.1 cm³/mol. The number of hydrogen-bond donors (Lipinski definition) is 2. The molecule has 7 heteroatoms. The van der Waals surface area contributed by atoms with Crippen molar-refractivity contribution >= 4 is 21.6 Å². The average molecular weight is 270 g/mol. The third kappa shape index (κ3) is 3.36. The van der Waals surface area contributed by atoms with Gasteiger partial charge in [0.15, 0.2) is 0 Å². The first-order valence-electron chi connectivity index (χ1n) is 5.43. The number of sulfonamides is 1. The molecule has 0 saturated heterocycles. The zero-order chi connectivity index (χ0) is 13.3. The van der Waals surface area contributed by atoms with Crippen LogP contribution in [0, 0.1) is 0 Å². The van der Waals surface area contributed by atoms with Gasteiger partial charge in [-0.05, 0) is 31.0 Å². The van der Waals surface area contributed by atoms with Gasteiger partial charge in [-0.2, -0.15) is 0 Å². The predicted octanol–water partition coefficient (Wildman–Crippen LogP) is 0.698. The maximum atomic E-state index is 11.3. The first kappa shape index (κ1) is 12.7. The number of nitrogens with one attached hydrogen (secondary N) is 1. The fraction of sp³-hybridized carbons (Fsp3) is 0.364. The molecule has 1 amide bonds. The smallest absolute Gasteiger partial charge is 0.252 e. The van der Waals surface area contributed by atoms with E-state index in [9.17, 15) is 13.2 Å². The fourth-order valence-electron chi connectivity index (χ4n) is 1.47. The van der Waals surface area contributed by atoms with Gasteiger partial charge in [0.25, 0.3) is 5.91 Å². The Balaban J connectivity index is 2.30. The van der Waals surface area contributed by atoms with Crippen molar-refractivity contribution in [3.8, 4) is 5.75 Å². The number of carbonyl (C=O) groups is 1. The highest BCUT2D eigenvalue weighted by molar-refractivity contribution is 7.92. The van der Waals surface area contributed by atoms with E-state index in [1.165, 1.54) is 12.1 Å². The molecule has 98 valence electrons. The molecular formula is C11H14N2O4S. The van der Waals surface area contributed by atoms with Crippen molar-refractivity contribution < 1.29 is 17.9 Å². The first-order chi connectivity index (χ1) is 8.35. The molecule has 6 nitrogen and oxygen atoms in total. The van der Waals surface area contributed by atoms with Crippen LogP contribution in [0.15, 0.2) is 18.2 Å². The van der Waals surface area contributed by atoms with E-state index in [0.717, 1.165) is 19.1 Å². The van der Waals surface area contributed by atoms with Crippen molar-refractivity contribution in [2.24, 2.45) is 5.73 Å². The number of amides is 1. The van der Waals surface area contributed by atoms with Crippen molar-refractivity contribution in [3.05, 3.63) is 23.8 Å². The van der Waals surface area contributed by atoms with Crippen molar-refractivity contribution in [1.29, 1.82) is 0 Å². The second-order valence-electron chi connectivity index (χ2n) is 4.27. The molecule has 1 fully saturated rings. The van der Waals surface area contributed by atoms with E-state index in [0.29, 0.717) is 5.75 Å². The van der Waals surface area contributed by atoms with Crippen LogP contribution in [0.25, 0.3) is 0 Å². The Hall–Kier alpha value is -1.76. The third-order valence-corrected chi connectivity index (χ3v) is 2.97. The van der Waals surface area contributed by atoms with Crippen LogP contribution in [-0.2, 0) is 10.0 Å². The molecule has 0 aromatic heterocycles. The molecule has 18 heavy (non-hydrogen) atoms. The minimum Gasteiger partial charge on any atom is -0.490 e. The van der Waals surface area contributed by atoms with E-state index in [1.54, 1.807) is 6.07 Å². The monoisotopic (exact) mass is 270 g/mol. The van der Waals surface area contributed by atoms with Crippen LogP contribution in [-0.4, -0.2) is 26.7 Å². The molecule has 0 bridgehead atoms. The molecule has 0 aliphatic heterocycles. The van der Waals surface area contributed by atoms with Gasteiger partial charge in [0, 0.05) is 5.69 Å². The number of hydrogen-bond acceptors (Lipinski definition) is 4. The van der Waals surface area contributed by atoms with Crippen LogP contribution < -0.4 is 15.2 Å². The molecule has 1 aliphatic rings. The van der Waals surface area contributed by atoms with Crippen LogP contribution in [0.1, 0.15) is 23.2 Å². The standard InChI is InChI=1S/C11H14N2O4S/c1-18(15,16)13-7-2-5-10(17-8-3-4-8)9(6-7)11(12)14/h2,5-6,8,13H,3-4H2,1H3,(H2,12,14). The van der Waals surface area contributed by atoms with E-state index in [-0.39, 0.29) is 17.4 Å². The van der Waals surface area contributed by atoms with Gasteiger partial charge in [-0.3, -0.25) is 9.52 Å². The van der Waals surface area contributed by atoms with Crippen LogP contribution in [0.3, 0.4) is 0 Å². The number of ether oxygens (including phenoxy) is 1. The van der Waals surface area contributed by atoms with Gasteiger partial charge in [0.05, 0.1) is 17.9 Å². The minimum atomic E-state index is -3.39. The van der Waals surface area contributed by atoms with Gasteiger partial charge in [-0.15, -0.1) is 0 Å². The Labute approximate surface area is 105 Å². The van der Waals surface area contributed by atoms with Crippen molar-refractivity contribution in [2.45, 2.75) is 18.9 Å². The number of benzene rings is 1. The molecule has 0 radical (unpaired) electrons. The summed E-state index contributed by atoms with van der Waals surface area (Å²) in [6, 6.07) is 4.46. The molecule has 1 aromatic rings. The highest BCUT2D eigenvalue weighted by Gasteiger charge is 2.25. The molecule has 2 rings (SSSR count). The van der Waals surface area contributed by atoms with Crippen LogP contribution in [0.5, 0.6) is 5.75 Å². The maximum absolute atomic E-state index is 11.3. The first-order valence-corrected chi connectivity index (χ1v) is 7.32. The summed E-state index contributed by atoms with van der Waals surface area (Å²) in [5, 5.41) is 0. The summed E-state index contributed by atoms with van der Waals surface area (Å²) in [7, 11) is -3.39. The van der Waals surface area contributed by atoms with Gasteiger partial charge in [0.1, 0.15) is 5.75 Å². The van der Waals surface area contributed by atoms with E-state index in [2.05, 4.69) is 4.72 Å². The molecule has 0 heterocycles. The summed E-state index contributed by atoms with van der Waals surface area (Å²) < 4.78 is 30.0. The lowest BCUT2D eigenvalue weighted by Crippen LogP contribution is -2.15. The number of rotatable bonds is 5. The van der Waals surface area contributed by atoms with Crippen molar-refractivity contribution in [1.82, 2.24) is 0 Å². The van der Waals surface area contributed by atoms with E-state index in [4.69, 9.17) is 10.5 Å². The van der Waals surface area contributed by atoms with Gasteiger partial charge in [-0.25, -0.2) is 8.42 Å². The molecule has 1 aromatic carbocycles. The highest BCUT2D eigenvalue weighted by Crippen LogP contribution is 2.30. The maximum Gasteiger partial charge on any atom is 0.252 e. The topological polar surface area (TPSA) is 98.5 Å². The number of anilines is 1. The Morgan fingerprint density at radius 2 is 2.11 bits per heavy atom. The van der Waals surface area contributed by atoms with Crippen LogP contribution >= 0.6 is 0 Å². The summed E-state index contributed by atoms with van der Waals surface area (Å²) in [4.78, 5) is 11.3. The second-order valence-corrected chi connectivity index (χ2v) is 6.02. The third-order valence-electron chi connectivity index (χ3n) is 2.37. The van der Waals surface area contributed by atoms with Crippen molar-refractivity contribution in [2.75, 3.05) is 11.0 Å². The van der Waals surface area contributed by atoms with Gasteiger partial charge < -0.3 is 10.5 Å². The molecule has 1 aliphatic carbocycles. The molecule has 1 saturated carbocycles. The summed E-state index contributed by atoms with van der Waals surface area (Å²) in [6.07, 6.45) is 3.09. The van der Waals surface area contributed by atoms with Gasteiger partial charge in [0.2, 0.25) is 10.0 Å². The lowest BCUT2D eigenvalue weighted by molar-refractivity contribution is 0.0996. The van der Waals surface area contributed by atoms with Gasteiger partial charge >= 0.3 is 0 Å². The van der Waals surface area contributed by atoms with Gasteiger partial charge in [-0.1, -0.05) is 0 Å². The zero-order valence-corrected chi connectivity index (χ0v) is 10.7. The Morgan fingerprint density at radius 3 is 2.61 bits per heavy atom. The lowest BCUT2D eigenvalue weighted by atomic mass is 10.1. The largest absolute Gasteiger partial charge is 0.490 e. The highest BCUT2D eigenvalue weighted by atomic mass is 32.2. The molecule has 3 N–H and O–H groups in total. The van der Waals surface area contributed by atoms with E-state index in [1.807, 2.05) is 0 Å². The average Bonchev–Trinajstić information content (AvgIpc) is 3.01. The summed E-state index contributed by atoms with van der Waals surface area (Å²) in [6.45, 7) is 0. The quantitative estimate of drug-likeness (QED) is 0.822. The molecular weight excluding hydrogens is 256 g/mol. The Kier molecular flexibility index (Phi) is 3.16. The SMILES string of the molecule is CS(=O)(=O)Nc1ccc(OC2CC2)c(C(N)=O)c1. The van der Waals surface area contributed by atoms with Crippen LogP contribution in [0.4, 0.5) is 5.69 Å². The summed E-state index contributed by atoms with van der Waals surface area (Å²) in [5.74, 6) is -0.258. The molecule has 0 atom stereocenters. The van der Waals surface area contributed by atoms with E-state index < -0.39 is 15.9 Å². The Bertz CT molecular complexity index is 579. The van der Waals surface area contributed by atoms with Crippen molar-refractivity contribution in [3.63, 3.8) is 0 Å².